The predicted octanol–water partition coefficient (Wildman–Crippen LogP) is 4.51. The topological polar surface area (TPSA) is 0 Å². The molecular formula is C12H26Y3-2. The standard InChI is InChI=1S/C9H19.C3H7.3Y/c1-7(2)8(3)9(4,5)6;1-3-2;;;/h8H,1-6H3;3H,1-2H3;;;/q2*-1;;;. The second kappa shape index (κ2) is 17.3. The third-order valence-corrected chi connectivity index (χ3v) is 2.17. The van der Waals surface area contributed by atoms with Crippen LogP contribution in [0.5, 0.6) is 0 Å². The molecule has 0 aromatic carbocycles. The van der Waals surface area contributed by atoms with Crippen molar-refractivity contribution >= 4 is 0 Å². The molecule has 1 atom stereocenters. The number of hydrogen-bond donors (Lipinski definition) is 0. The molecule has 0 amide bonds. The molecule has 0 spiro atoms. The summed E-state index contributed by atoms with van der Waals surface area (Å²) in [5.74, 6) is 2.26. The second-order valence-electron chi connectivity index (χ2n) is 4.74. The van der Waals surface area contributed by atoms with Gasteiger partial charge in [-0.1, -0.05) is 33.1 Å². The van der Waals surface area contributed by atoms with Crippen LogP contribution >= 0.6 is 0 Å². The molecule has 0 aliphatic rings. The molecule has 0 saturated heterocycles. The summed E-state index contributed by atoms with van der Waals surface area (Å²) in [6.07, 6.45) is 2.00. The molecule has 15 heavy (non-hydrogen) atoms. The Bertz CT molecular complexity index is 95.5. The van der Waals surface area contributed by atoms with Gasteiger partial charge in [0.1, 0.15) is 0 Å². The van der Waals surface area contributed by atoms with E-state index in [1.165, 1.54) is 5.92 Å². The van der Waals surface area contributed by atoms with Gasteiger partial charge < -0.3 is 12.3 Å². The van der Waals surface area contributed by atoms with E-state index >= 15 is 0 Å². The third-order valence-electron chi connectivity index (χ3n) is 2.17. The molecule has 0 rings (SSSR count). The zero-order chi connectivity index (χ0) is 10.4. The molecule has 0 saturated carbocycles. The Balaban J connectivity index is -0.0000000500. The molecule has 3 heteroatoms. The summed E-state index contributed by atoms with van der Waals surface area (Å²) in [5.41, 5.74) is 0.443. The monoisotopic (exact) mass is 437 g/mol. The fourth-order valence-corrected chi connectivity index (χ4v) is 0.866. The van der Waals surface area contributed by atoms with Gasteiger partial charge in [0.15, 0.2) is 0 Å². The van der Waals surface area contributed by atoms with Gasteiger partial charge in [0.2, 0.25) is 0 Å². The maximum atomic E-state index is 2.29. The van der Waals surface area contributed by atoms with Gasteiger partial charge >= 0.3 is 0 Å². The van der Waals surface area contributed by atoms with E-state index < -0.39 is 0 Å². The average molecular weight is 437 g/mol. The summed E-state index contributed by atoms with van der Waals surface area (Å²) >= 11 is 0. The quantitative estimate of drug-likeness (QED) is 0.530. The summed E-state index contributed by atoms with van der Waals surface area (Å²) < 4.78 is 0. The number of rotatable bonds is 1. The minimum Gasteiger partial charge on any atom is -0.335 e. The fourth-order valence-electron chi connectivity index (χ4n) is 0.866. The summed E-state index contributed by atoms with van der Waals surface area (Å²) in [6, 6.07) is 0. The van der Waals surface area contributed by atoms with E-state index in [-0.39, 0.29) is 98.1 Å². The Kier molecular flexibility index (Phi) is 35.7. The predicted molar refractivity (Wildman–Crippen MR) is 58.9 cm³/mol. The zero-order valence-corrected chi connectivity index (χ0v) is 20.4. The molecule has 0 aliphatic heterocycles. The number of hydrogen-bond acceptors (Lipinski definition) is 0. The van der Waals surface area contributed by atoms with Crippen molar-refractivity contribution in [2.75, 3.05) is 0 Å². The van der Waals surface area contributed by atoms with Crippen molar-refractivity contribution in [3.8, 4) is 0 Å². The first-order chi connectivity index (χ1) is 5.27. The van der Waals surface area contributed by atoms with E-state index in [0.29, 0.717) is 5.41 Å². The van der Waals surface area contributed by atoms with Crippen molar-refractivity contribution in [1.29, 1.82) is 0 Å². The first-order valence-electron chi connectivity index (χ1n) is 4.81. The van der Waals surface area contributed by atoms with Crippen LogP contribution < -0.4 is 0 Å². The summed E-state index contributed by atoms with van der Waals surface area (Å²) in [5, 5.41) is 0. The molecule has 0 aromatic rings. The van der Waals surface area contributed by atoms with Crippen LogP contribution in [0, 0.1) is 23.7 Å². The van der Waals surface area contributed by atoms with Crippen molar-refractivity contribution in [3.05, 3.63) is 12.3 Å². The van der Waals surface area contributed by atoms with Crippen molar-refractivity contribution < 1.29 is 98.1 Å². The zero-order valence-electron chi connectivity index (χ0n) is 11.9. The van der Waals surface area contributed by atoms with Crippen LogP contribution in [-0.2, 0) is 98.1 Å². The van der Waals surface area contributed by atoms with Gasteiger partial charge in [-0.05, 0) is 0 Å². The first-order valence-corrected chi connectivity index (χ1v) is 4.81. The average Bonchev–Trinajstić information content (AvgIpc) is 1.85. The Morgan fingerprint density at radius 1 is 0.933 bits per heavy atom. The molecule has 0 aliphatic carbocycles. The van der Waals surface area contributed by atoms with Gasteiger partial charge in [-0.2, -0.15) is 33.6 Å². The molecule has 0 aromatic heterocycles. The normalized spacial score (nSPS) is 11.0. The van der Waals surface area contributed by atoms with Crippen molar-refractivity contribution in [3.63, 3.8) is 0 Å². The van der Waals surface area contributed by atoms with Crippen LogP contribution in [0.15, 0.2) is 0 Å². The fraction of sp³-hybridized carbons (Fsp3) is 0.833. The molecule has 0 nitrogen and oxygen atoms in total. The Morgan fingerprint density at radius 3 is 1.13 bits per heavy atom. The molecule has 3 radical (unpaired) electrons. The Hall–Kier alpha value is 3.31. The van der Waals surface area contributed by atoms with Crippen LogP contribution in [0.3, 0.4) is 0 Å². The van der Waals surface area contributed by atoms with Crippen LogP contribution in [0.4, 0.5) is 0 Å². The Labute approximate surface area is 174 Å². The van der Waals surface area contributed by atoms with Crippen LogP contribution in [-0.4, -0.2) is 0 Å². The smallest absolute Gasteiger partial charge is 0 e. The summed E-state index contributed by atoms with van der Waals surface area (Å²) in [6.45, 7) is 17.5. The molecule has 0 heterocycles. The maximum absolute atomic E-state index is 2.29. The van der Waals surface area contributed by atoms with Crippen LogP contribution in [0.1, 0.15) is 55.4 Å². The summed E-state index contributed by atoms with van der Waals surface area (Å²) in [7, 11) is 0. The minimum atomic E-state index is 0. The van der Waals surface area contributed by atoms with Crippen LogP contribution in [0.2, 0.25) is 0 Å². The summed E-state index contributed by atoms with van der Waals surface area (Å²) in [4.78, 5) is 0. The van der Waals surface area contributed by atoms with Gasteiger partial charge in [-0.25, -0.2) is 0 Å². The van der Waals surface area contributed by atoms with Gasteiger partial charge in [0.05, 0.1) is 0 Å². The second-order valence-corrected chi connectivity index (χ2v) is 4.74. The molecule has 1 unspecified atom stereocenters. The van der Waals surface area contributed by atoms with E-state index in [9.17, 15) is 0 Å². The molecule has 85 valence electrons. The van der Waals surface area contributed by atoms with Gasteiger partial charge in [0, 0.05) is 98.1 Å². The SMILES string of the molecule is C[C-](C)C(C)C(C)(C)C.C[CH-]C.[Y].[Y].[Y]. The van der Waals surface area contributed by atoms with Gasteiger partial charge in [0.25, 0.3) is 0 Å². The van der Waals surface area contributed by atoms with Gasteiger partial charge in [-0.15, -0.1) is 0 Å². The van der Waals surface area contributed by atoms with E-state index in [2.05, 4.69) is 41.5 Å². The van der Waals surface area contributed by atoms with E-state index in [1.54, 1.807) is 0 Å². The van der Waals surface area contributed by atoms with Crippen molar-refractivity contribution in [1.82, 2.24) is 0 Å². The van der Waals surface area contributed by atoms with Crippen molar-refractivity contribution in [2.45, 2.75) is 55.4 Å². The maximum Gasteiger partial charge on any atom is 0 e. The molecular weight excluding hydrogens is 411 g/mol. The molecule has 0 fully saturated rings. The van der Waals surface area contributed by atoms with Crippen molar-refractivity contribution in [2.24, 2.45) is 11.3 Å². The Morgan fingerprint density at radius 2 is 1.13 bits per heavy atom. The molecule has 0 N–H and O–H groups in total. The van der Waals surface area contributed by atoms with Gasteiger partial charge in [-0.3, -0.25) is 0 Å². The van der Waals surface area contributed by atoms with E-state index in [1.807, 2.05) is 20.3 Å². The third kappa shape index (κ3) is 22.9. The minimum absolute atomic E-state index is 0. The first kappa shape index (κ1) is 31.0. The van der Waals surface area contributed by atoms with E-state index in [4.69, 9.17) is 0 Å². The van der Waals surface area contributed by atoms with Crippen LogP contribution in [0.25, 0.3) is 0 Å². The largest absolute Gasteiger partial charge is 0.335 e. The molecule has 0 bridgehead atoms. The van der Waals surface area contributed by atoms with E-state index in [0.717, 1.165) is 5.92 Å².